The number of hydrogen-bond donors (Lipinski definition) is 1. The van der Waals surface area contributed by atoms with Crippen molar-refractivity contribution < 1.29 is 9.59 Å². The molecule has 0 bridgehead atoms. The van der Waals surface area contributed by atoms with E-state index in [9.17, 15) is 9.59 Å². The van der Waals surface area contributed by atoms with Crippen molar-refractivity contribution in [3.8, 4) is 0 Å². The molecule has 0 heterocycles. The molecule has 0 radical (unpaired) electrons. The van der Waals surface area contributed by atoms with Crippen LogP contribution in [-0.4, -0.2) is 11.7 Å². The highest BCUT2D eigenvalue weighted by Gasteiger charge is 2.14. The summed E-state index contributed by atoms with van der Waals surface area (Å²) in [7, 11) is 0. The quantitative estimate of drug-likeness (QED) is 0.528. The summed E-state index contributed by atoms with van der Waals surface area (Å²) in [6, 6.07) is 16.0. The molecular formula is C17H14ClNO2. The van der Waals surface area contributed by atoms with Crippen molar-refractivity contribution in [1.82, 2.24) is 0 Å². The van der Waals surface area contributed by atoms with Crippen LogP contribution in [0.5, 0.6) is 0 Å². The highest BCUT2D eigenvalue weighted by atomic mass is 35.5. The third-order valence-electron chi connectivity index (χ3n) is 2.82. The van der Waals surface area contributed by atoms with Crippen molar-refractivity contribution in [3.05, 3.63) is 70.8 Å². The van der Waals surface area contributed by atoms with Gasteiger partial charge in [-0.2, -0.15) is 0 Å². The molecule has 0 aliphatic heterocycles. The van der Waals surface area contributed by atoms with Gasteiger partial charge in [-0.25, -0.2) is 0 Å². The maximum Gasteiger partial charge on any atom is 0.259 e. The molecule has 4 heteroatoms. The summed E-state index contributed by atoms with van der Waals surface area (Å²) in [5.41, 5.74) is 1.44. The van der Waals surface area contributed by atoms with E-state index in [0.717, 1.165) is 5.56 Å². The smallest absolute Gasteiger partial charge is 0.259 e. The van der Waals surface area contributed by atoms with Gasteiger partial charge in [-0.1, -0.05) is 48.0 Å². The van der Waals surface area contributed by atoms with E-state index in [2.05, 4.69) is 5.32 Å². The maximum atomic E-state index is 12.2. The average Bonchev–Trinajstić information content (AvgIpc) is 2.45. The van der Waals surface area contributed by atoms with E-state index in [1.54, 1.807) is 30.3 Å². The molecule has 0 aliphatic carbocycles. The summed E-state index contributed by atoms with van der Waals surface area (Å²) in [6.07, 6.45) is 1.57. The lowest BCUT2D eigenvalue weighted by Gasteiger charge is -2.07. The van der Waals surface area contributed by atoms with Gasteiger partial charge in [0.05, 0.1) is 5.57 Å². The monoisotopic (exact) mass is 299 g/mol. The van der Waals surface area contributed by atoms with Crippen LogP contribution < -0.4 is 5.32 Å². The van der Waals surface area contributed by atoms with E-state index >= 15 is 0 Å². The van der Waals surface area contributed by atoms with E-state index in [-0.39, 0.29) is 11.4 Å². The molecule has 1 amide bonds. The first kappa shape index (κ1) is 15.0. The van der Waals surface area contributed by atoms with Crippen LogP contribution in [0.3, 0.4) is 0 Å². The minimum atomic E-state index is -0.450. The van der Waals surface area contributed by atoms with Crippen LogP contribution in [-0.2, 0) is 9.59 Å². The minimum absolute atomic E-state index is 0.0983. The first-order valence-electron chi connectivity index (χ1n) is 6.41. The third kappa shape index (κ3) is 4.29. The zero-order valence-electron chi connectivity index (χ0n) is 11.5. The minimum Gasteiger partial charge on any atom is -0.322 e. The lowest BCUT2D eigenvalue weighted by Crippen LogP contribution is -2.18. The molecule has 0 aliphatic rings. The molecule has 2 aromatic rings. The fraction of sp³-hybridized carbons (Fsp3) is 0.0588. The summed E-state index contributed by atoms with van der Waals surface area (Å²) in [4.78, 5) is 23.9. The van der Waals surface area contributed by atoms with Crippen LogP contribution >= 0.6 is 11.6 Å². The largest absolute Gasteiger partial charge is 0.322 e. The number of carbonyl (C=O) groups is 2. The van der Waals surface area contributed by atoms with Gasteiger partial charge < -0.3 is 5.32 Å². The average molecular weight is 300 g/mol. The summed E-state index contributed by atoms with van der Waals surface area (Å²) in [5, 5.41) is 3.19. The molecule has 0 saturated heterocycles. The van der Waals surface area contributed by atoms with Gasteiger partial charge in [0, 0.05) is 10.7 Å². The number of Topliss-reactive ketones (excluding diaryl/α,β-unsaturated/α-hetero) is 1. The summed E-state index contributed by atoms with van der Waals surface area (Å²) >= 11 is 5.87. The summed E-state index contributed by atoms with van der Waals surface area (Å²) < 4.78 is 0. The molecule has 0 atom stereocenters. The standard InChI is InChI=1S/C17H14ClNO2/c1-12(20)16(10-13-6-3-2-4-7-13)17(21)19-15-9-5-8-14(18)11-15/h2-11H,1H3,(H,19,21). The van der Waals surface area contributed by atoms with E-state index in [1.165, 1.54) is 6.92 Å². The molecule has 0 unspecified atom stereocenters. The maximum absolute atomic E-state index is 12.2. The van der Waals surface area contributed by atoms with Crippen LogP contribution in [0.2, 0.25) is 5.02 Å². The molecule has 106 valence electrons. The molecule has 0 spiro atoms. The number of nitrogens with one attached hydrogen (secondary N) is 1. The lowest BCUT2D eigenvalue weighted by atomic mass is 10.1. The Morgan fingerprint density at radius 1 is 1.05 bits per heavy atom. The van der Waals surface area contributed by atoms with Crippen molar-refractivity contribution in [2.45, 2.75) is 6.92 Å². The Labute approximate surface area is 128 Å². The number of carbonyl (C=O) groups excluding carboxylic acids is 2. The van der Waals surface area contributed by atoms with Gasteiger partial charge >= 0.3 is 0 Å². The van der Waals surface area contributed by atoms with E-state index in [4.69, 9.17) is 11.6 Å². The Kier molecular flexibility index (Phi) is 4.90. The van der Waals surface area contributed by atoms with Gasteiger partial charge in [-0.15, -0.1) is 0 Å². The molecule has 0 saturated carbocycles. The third-order valence-corrected chi connectivity index (χ3v) is 3.05. The zero-order valence-corrected chi connectivity index (χ0v) is 12.2. The van der Waals surface area contributed by atoms with Gasteiger partial charge in [0.25, 0.3) is 5.91 Å². The zero-order chi connectivity index (χ0) is 15.2. The van der Waals surface area contributed by atoms with Gasteiger partial charge in [0.1, 0.15) is 0 Å². The number of amides is 1. The first-order valence-corrected chi connectivity index (χ1v) is 6.78. The van der Waals surface area contributed by atoms with Crippen LogP contribution in [0.25, 0.3) is 6.08 Å². The second kappa shape index (κ2) is 6.86. The predicted octanol–water partition coefficient (Wildman–Crippen LogP) is 3.95. The molecule has 3 nitrogen and oxygen atoms in total. The lowest BCUT2D eigenvalue weighted by molar-refractivity contribution is -0.118. The fourth-order valence-electron chi connectivity index (χ4n) is 1.81. The molecule has 0 fully saturated rings. The molecule has 2 rings (SSSR count). The van der Waals surface area contributed by atoms with Crippen molar-refractivity contribution in [1.29, 1.82) is 0 Å². The van der Waals surface area contributed by atoms with Crippen molar-refractivity contribution in [3.63, 3.8) is 0 Å². The molecule has 1 N–H and O–H groups in total. The van der Waals surface area contributed by atoms with Crippen LogP contribution in [0.4, 0.5) is 5.69 Å². The summed E-state index contributed by atoms with van der Waals surface area (Å²) in [5.74, 6) is -0.744. The number of ketones is 1. The normalized spacial score (nSPS) is 11.0. The second-order valence-corrected chi connectivity index (χ2v) is 4.93. The highest BCUT2D eigenvalue weighted by Crippen LogP contribution is 2.16. The van der Waals surface area contributed by atoms with Gasteiger partial charge in [-0.3, -0.25) is 9.59 Å². The Morgan fingerprint density at radius 3 is 2.38 bits per heavy atom. The molecular weight excluding hydrogens is 286 g/mol. The predicted molar refractivity (Wildman–Crippen MR) is 85.2 cm³/mol. The topological polar surface area (TPSA) is 46.2 Å². The molecule has 0 aromatic heterocycles. The molecule has 2 aromatic carbocycles. The highest BCUT2D eigenvalue weighted by molar-refractivity contribution is 6.31. The van der Waals surface area contributed by atoms with E-state index < -0.39 is 5.91 Å². The first-order chi connectivity index (χ1) is 10.1. The van der Waals surface area contributed by atoms with E-state index in [1.807, 2.05) is 30.3 Å². The van der Waals surface area contributed by atoms with Crippen molar-refractivity contribution >= 4 is 35.1 Å². The van der Waals surface area contributed by atoms with Gasteiger partial charge in [-0.05, 0) is 36.8 Å². The van der Waals surface area contributed by atoms with Crippen molar-refractivity contribution in [2.24, 2.45) is 0 Å². The fourth-order valence-corrected chi connectivity index (χ4v) is 2.00. The SMILES string of the molecule is CC(=O)C(=Cc1ccccc1)C(=O)Nc1cccc(Cl)c1. The Balaban J connectivity index is 2.25. The number of hydrogen-bond acceptors (Lipinski definition) is 2. The number of rotatable bonds is 4. The summed E-state index contributed by atoms with van der Waals surface area (Å²) in [6.45, 7) is 1.37. The number of anilines is 1. The molecule has 21 heavy (non-hydrogen) atoms. The van der Waals surface area contributed by atoms with Crippen molar-refractivity contribution in [2.75, 3.05) is 5.32 Å². The second-order valence-electron chi connectivity index (χ2n) is 4.49. The van der Waals surface area contributed by atoms with Gasteiger partial charge in [0.2, 0.25) is 0 Å². The van der Waals surface area contributed by atoms with Crippen LogP contribution in [0.15, 0.2) is 60.2 Å². The Hall–Kier alpha value is -2.39. The van der Waals surface area contributed by atoms with Crippen LogP contribution in [0.1, 0.15) is 12.5 Å². The number of halogens is 1. The van der Waals surface area contributed by atoms with E-state index in [0.29, 0.717) is 10.7 Å². The Morgan fingerprint density at radius 2 is 1.76 bits per heavy atom. The van der Waals surface area contributed by atoms with Gasteiger partial charge in [0.15, 0.2) is 5.78 Å². The Bertz CT molecular complexity index is 693. The number of benzene rings is 2. The van der Waals surface area contributed by atoms with Crippen LogP contribution in [0, 0.1) is 0 Å².